The lowest BCUT2D eigenvalue weighted by molar-refractivity contribution is -0.147. The molecule has 0 radical (unpaired) electrons. The van der Waals surface area contributed by atoms with Gasteiger partial charge in [-0.2, -0.15) is 0 Å². The molecule has 0 saturated carbocycles. The van der Waals surface area contributed by atoms with Crippen LogP contribution in [0.3, 0.4) is 0 Å². The molecule has 1 atom stereocenters. The van der Waals surface area contributed by atoms with Crippen molar-refractivity contribution in [2.45, 2.75) is 77.2 Å². The van der Waals surface area contributed by atoms with Gasteiger partial charge in [-0.05, 0) is 25.7 Å². The molecule has 0 aromatic carbocycles. The van der Waals surface area contributed by atoms with Gasteiger partial charge in [0, 0.05) is 6.42 Å². The fourth-order valence-electron chi connectivity index (χ4n) is 1.93. The summed E-state index contributed by atoms with van der Waals surface area (Å²) < 4.78 is 4.83. The fraction of sp³-hybridized carbons (Fsp3) is 0.824. The highest BCUT2D eigenvalue weighted by Crippen LogP contribution is 2.08. The molecule has 2 N–H and O–H groups in total. The molecule has 0 rings (SSSR count). The Hall–Kier alpha value is -0.870. The zero-order valence-corrected chi connectivity index (χ0v) is 13.4. The normalized spacial score (nSPS) is 12.7. The van der Waals surface area contributed by atoms with E-state index < -0.39 is 6.10 Å². The summed E-state index contributed by atoms with van der Waals surface area (Å²) in [5.41, 5.74) is 0. The molecule has 0 aliphatic carbocycles. The third kappa shape index (κ3) is 15.3. The van der Waals surface area contributed by atoms with Crippen LogP contribution in [-0.4, -0.2) is 35.5 Å². The quantitative estimate of drug-likeness (QED) is 0.293. The molecule has 4 heteroatoms. The van der Waals surface area contributed by atoms with E-state index in [2.05, 4.69) is 19.1 Å². The van der Waals surface area contributed by atoms with Crippen molar-refractivity contribution in [3.63, 3.8) is 0 Å². The zero-order chi connectivity index (χ0) is 15.8. The standard InChI is InChI=1S/C17H32O4/c1-2-3-4-5-6-7-8-9-10-11-12-13-17(20)21-15-16(19)14-18/h5-6,16,18-19H,2-4,7-15H2,1H3/b6-5+. The number of hydrogen-bond donors (Lipinski definition) is 2. The number of carbonyl (C=O) groups is 1. The average Bonchev–Trinajstić information content (AvgIpc) is 2.50. The molecular formula is C17H32O4. The predicted molar refractivity (Wildman–Crippen MR) is 85.0 cm³/mol. The van der Waals surface area contributed by atoms with E-state index in [0.29, 0.717) is 6.42 Å². The lowest BCUT2D eigenvalue weighted by Gasteiger charge is -2.08. The van der Waals surface area contributed by atoms with Crippen LogP contribution in [0, 0.1) is 0 Å². The Morgan fingerprint density at radius 2 is 1.67 bits per heavy atom. The van der Waals surface area contributed by atoms with E-state index in [-0.39, 0.29) is 19.2 Å². The van der Waals surface area contributed by atoms with E-state index in [4.69, 9.17) is 14.9 Å². The number of ether oxygens (including phenoxy) is 1. The van der Waals surface area contributed by atoms with Gasteiger partial charge in [-0.1, -0.05) is 51.2 Å². The van der Waals surface area contributed by atoms with Crippen molar-refractivity contribution in [3.8, 4) is 0 Å². The third-order valence-corrected chi connectivity index (χ3v) is 3.29. The van der Waals surface area contributed by atoms with E-state index in [1.807, 2.05) is 0 Å². The number of carbonyl (C=O) groups excluding carboxylic acids is 1. The van der Waals surface area contributed by atoms with Gasteiger partial charge in [-0.15, -0.1) is 0 Å². The molecule has 0 aliphatic heterocycles. The first-order chi connectivity index (χ1) is 10.2. The maximum atomic E-state index is 11.3. The third-order valence-electron chi connectivity index (χ3n) is 3.29. The SMILES string of the molecule is CCCC/C=C/CCCCCCCC(=O)OCC(O)CO. The summed E-state index contributed by atoms with van der Waals surface area (Å²) in [5, 5.41) is 17.6. The maximum absolute atomic E-state index is 11.3. The van der Waals surface area contributed by atoms with Crippen LogP contribution in [0.15, 0.2) is 12.2 Å². The summed E-state index contributed by atoms with van der Waals surface area (Å²) in [6.07, 6.45) is 14.3. The lowest BCUT2D eigenvalue weighted by atomic mass is 10.1. The Morgan fingerprint density at radius 1 is 1.05 bits per heavy atom. The highest BCUT2D eigenvalue weighted by atomic mass is 16.5. The summed E-state index contributed by atoms with van der Waals surface area (Å²) in [7, 11) is 0. The largest absolute Gasteiger partial charge is 0.463 e. The average molecular weight is 300 g/mol. The van der Waals surface area contributed by atoms with Gasteiger partial charge in [0.25, 0.3) is 0 Å². The molecule has 0 amide bonds. The fourth-order valence-corrected chi connectivity index (χ4v) is 1.93. The molecule has 0 fully saturated rings. The van der Waals surface area contributed by atoms with Gasteiger partial charge in [-0.25, -0.2) is 0 Å². The first-order valence-corrected chi connectivity index (χ1v) is 8.30. The van der Waals surface area contributed by atoms with E-state index in [0.717, 1.165) is 25.7 Å². The summed E-state index contributed by atoms with van der Waals surface area (Å²) in [6, 6.07) is 0. The zero-order valence-electron chi connectivity index (χ0n) is 13.4. The summed E-state index contributed by atoms with van der Waals surface area (Å²) in [6.45, 7) is 1.72. The van der Waals surface area contributed by atoms with E-state index in [1.165, 1.54) is 32.1 Å². The highest BCUT2D eigenvalue weighted by molar-refractivity contribution is 5.69. The summed E-state index contributed by atoms with van der Waals surface area (Å²) in [5.74, 6) is -0.290. The van der Waals surface area contributed by atoms with Gasteiger partial charge in [0.2, 0.25) is 0 Å². The number of allylic oxidation sites excluding steroid dienone is 2. The van der Waals surface area contributed by atoms with E-state index in [1.54, 1.807) is 0 Å². The molecule has 0 spiro atoms. The summed E-state index contributed by atoms with van der Waals surface area (Å²) >= 11 is 0. The molecule has 1 unspecified atom stereocenters. The van der Waals surface area contributed by atoms with Gasteiger partial charge in [0.1, 0.15) is 12.7 Å². The molecule has 21 heavy (non-hydrogen) atoms. The van der Waals surface area contributed by atoms with Gasteiger partial charge < -0.3 is 14.9 Å². The Labute approximate surface area is 129 Å². The molecule has 0 aromatic rings. The number of unbranched alkanes of at least 4 members (excludes halogenated alkanes) is 7. The summed E-state index contributed by atoms with van der Waals surface area (Å²) in [4.78, 5) is 11.3. The lowest BCUT2D eigenvalue weighted by Crippen LogP contribution is -2.21. The van der Waals surface area contributed by atoms with Crippen LogP contribution < -0.4 is 0 Å². The second kappa shape index (κ2) is 15.5. The molecule has 0 aliphatic rings. The minimum atomic E-state index is -0.959. The Bertz CT molecular complexity index is 264. The van der Waals surface area contributed by atoms with Crippen molar-refractivity contribution < 1.29 is 19.7 Å². The van der Waals surface area contributed by atoms with Crippen molar-refractivity contribution in [3.05, 3.63) is 12.2 Å². The molecule has 0 aromatic heterocycles. The van der Waals surface area contributed by atoms with Crippen molar-refractivity contribution >= 4 is 5.97 Å². The number of aliphatic hydroxyl groups is 2. The van der Waals surface area contributed by atoms with Crippen molar-refractivity contribution in [2.75, 3.05) is 13.2 Å². The van der Waals surface area contributed by atoms with Crippen LogP contribution >= 0.6 is 0 Å². The number of aliphatic hydroxyl groups excluding tert-OH is 2. The van der Waals surface area contributed by atoms with Gasteiger partial charge in [-0.3, -0.25) is 4.79 Å². The Morgan fingerprint density at radius 3 is 2.33 bits per heavy atom. The van der Waals surface area contributed by atoms with Crippen LogP contribution in [0.4, 0.5) is 0 Å². The minimum Gasteiger partial charge on any atom is -0.463 e. The monoisotopic (exact) mass is 300 g/mol. The van der Waals surface area contributed by atoms with Crippen molar-refractivity contribution in [1.82, 2.24) is 0 Å². The van der Waals surface area contributed by atoms with Crippen LogP contribution in [0.25, 0.3) is 0 Å². The minimum absolute atomic E-state index is 0.111. The van der Waals surface area contributed by atoms with Crippen molar-refractivity contribution in [2.24, 2.45) is 0 Å². The van der Waals surface area contributed by atoms with Crippen LogP contribution in [-0.2, 0) is 9.53 Å². The number of hydrogen-bond acceptors (Lipinski definition) is 4. The number of rotatable bonds is 14. The topological polar surface area (TPSA) is 66.8 Å². The molecular weight excluding hydrogens is 268 g/mol. The Balaban J connectivity index is 3.24. The van der Waals surface area contributed by atoms with Crippen LogP contribution in [0.5, 0.6) is 0 Å². The number of esters is 1. The second-order valence-corrected chi connectivity index (χ2v) is 5.44. The molecule has 0 heterocycles. The first kappa shape index (κ1) is 20.1. The molecule has 0 bridgehead atoms. The molecule has 0 saturated heterocycles. The predicted octanol–water partition coefficient (Wildman–Crippen LogP) is 3.36. The van der Waals surface area contributed by atoms with Gasteiger partial charge in [0.15, 0.2) is 0 Å². The second-order valence-electron chi connectivity index (χ2n) is 5.44. The molecule has 124 valence electrons. The van der Waals surface area contributed by atoms with E-state index >= 15 is 0 Å². The first-order valence-electron chi connectivity index (χ1n) is 8.30. The van der Waals surface area contributed by atoms with Crippen LogP contribution in [0.2, 0.25) is 0 Å². The van der Waals surface area contributed by atoms with Crippen molar-refractivity contribution in [1.29, 1.82) is 0 Å². The van der Waals surface area contributed by atoms with Crippen LogP contribution in [0.1, 0.15) is 71.1 Å². The van der Waals surface area contributed by atoms with Gasteiger partial charge in [0.05, 0.1) is 6.61 Å². The molecule has 4 nitrogen and oxygen atoms in total. The Kier molecular flexibility index (Phi) is 14.9. The smallest absolute Gasteiger partial charge is 0.305 e. The maximum Gasteiger partial charge on any atom is 0.305 e. The highest BCUT2D eigenvalue weighted by Gasteiger charge is 2.07. The van der Waals surface area contributed by atoms with E-state index in [9.17, 15) is 4.79 Å². The van der Waals surface area contributed by atoms with Gasteiger partial charge >= 0.3 is 5.97 Å².